The van der Waals surface area contributed by atoms with Crippen LogP contribution in [-0.2, 0) is 4.79 Å². The lowest BCUT2D eigenvalue weighted by atomic mass is 10.0. The topological polar surface area (TPSA) is 46.6 Å². The summed E-state index contributed by atoms with van der Waals surface area (Å²) in [5.74, 6) is 1.20. The second kappa shape index (κ2) is 5.65. The van der Waals surface area contributed by atoms with Gasteiger partial charge >= 0.3 is 0 Å². The number of ether oxygens (including phenoxy) is 1. The summed E-state index contributed by atoms with van der Waals surface area (Å²) >= 11 is 0. The molecule has 0 saturated heterocycles. The van der Waals surface area contributed by atoms with E-state index in [2.05, 4.69) is 0 Å². The van der Waals surface area contributed by atoms with Crippen LogP contribution in [-0.4, -0.2) is 36.3 Å². The maximum atomic E-state index is 12.5. The van der Waals surface area contributed by atoms with Gasteiger partial charge in [0.25, 0.3) is 5.91 Å². The van der Waals surface area contributed by atoms with E-state index in [0.717, 1.165) is 19.3 Å². The minimum Gasteiger partial charge on any atom is -0.491 e. The number of Topliss-reactive ketones (excluding diaryl/α,β-unsaturated/α-hetero) is 1. The van der Waals surface area contributed by atoms with E-state index in [1.807, 2.05) is 23.1 Å². The minimum atomic E-state index is 0.0172. The molecule has 4 nitrogen and oxygen atoms in total. The zero-order valence-electron chi connectivity index (χ0n) is 11.5. The van der Waals surface area contributed by atoms with Crippen molar-refractivity contribution in [3.8, 4) is 5.75 Å². The molecule has 0 spiro atoms. The fourth-order valence-corrected chi connectivity index (χ4v) is 3.03. The Balaban J connectivity index is 1.68. The number of ketones is 1. The van der Waals surface area contributed by atoms with Gasteiger partial charge in [-0.25, -0.2) is 0 Å². The second-order valence-electron chi connectivity index (χ2n) is 5.48. The lowest BCUT2D eigenvalue weighted by molar-refractivity contribution is -0.120. The molecule has 1 aliphatic carbocycles. The van der Waals surface area contributed by atoms with Crippen LogP contribution in [0.3, 0.4) is 0 Å². The lowest BCUT2D eigenvalue weighted by Gasteiger charge is -2.21. The Bertz CT molecular complexity index is 526. The van der Waals surface area contributed by atoms with Crippen LogP contribution in [0.15, 0.2) is 24.3 Å². The van der Waals surface area contributed by atoms with Crippen molar-refractivity contribution in [1.29, 1.82) is 0 Å². The summed E-state index contributed by atoms with van der Waals surface area (Å²) in [6.07, 6.45) is 3.48. The van der Waals surface area contributed by atoms with E-state index in [1.54, 1.807) is 6.07 Å². The third-order valence-electron chi connectivity index (χ3n) is 4.20. The summed E-state index contributed by atoms with van der Waals surface area (Å²) < 4.78 is 5.61. The van der Waals surface area contributed by atoms with Crippen molar-refractivity contribution in [2.24, 2.45) is 5.92 Å². The molecule has 1 aromatic rings. The molecular formula is C16H19NO3. The first-order valence-electron chi connectivity index (χ1n) is 7.29. The van der Waals surface area contributed by atoms with Gasteiger partial charge in [-0.15, -0.1) is 0 Å². The number of nitrogens with zero attached hydrogens (tertiary/aromatic N) is 1. The minimum absolute atomic E-state index is 0.0172. The van der Waals surface area contributed by atoms with Crippen LogP contribution in [0.2, 0.25) is 0 Å². The van der Waals surface area contributed by atoms with Crippen LogP contribution in [0.25, 0.3) is 0 Å². The Hall–Kier alpha value is -1.84. The van der Waals surface area contributed by atoms with Crippen molar-refractivity contribution >= 4 is 11.7 Å². The maximum absolute atomic E-state index is 12.5. The number of amides is 1. The molecule has 0 radical (unpaired) electrons. The highest BCUT2D eigenvalue weighted by atomic mass is 16.5. The highest BCUT2D eigenvalue weighted by Gasteiger charge is 2.27. The molecular weight excluding hydrogens is 254 g/mol. The summed E-state index contributed by atoms with van der Waals surface area (Å²) in [5.41, 5.74) is 0.628. The first kappa shape index (κ1) is 13.2. The van der Waals surface area contributed by atoms with Crippen molar-refractivity contribution in [3.05, 3.63) is 29.8 Å². The molecule has 20 heavy (non-hydrogen) atoms. The molecule has 0 aromatic heterocycles. The van der Waals surface area contributed by atoms with Gasteiger partial charge in [0.15, 0.2) is 0 Å². The average molecular weight is 273 g/mol. The van der Waals surface area contributed by atoms with Crippen LogP contribution >= 0.6 is 0 Å². The first-order chi connectivity index (χ1) is 9.75. The van der Waals surface area contributed by atoms with Gasteiger partial charge < -0.3 is 9.64 Å². The maximum Gasteiger partial charge on any atom is 0.257 e. The van der Waals surface area contributed by atoms with Crippen LogP contribution < -0.4 is 4.74 Å². The van der Waals surface area contributed by atoms with Crippen LogP contribution in [0, 0.1) is 5.92 Å². The van der Waals surface area contributed by atoms with Gasteiger partial charge in [0.1, 0.15) is 18.1 Å². The number of carbonyl (C=O) groups excluding carboxylic acids is 2. The Morgan fingerprint density at radius 2 is 2.10 bits per heavy atom. The van der Waals surface area contributed by atoms with Crippen LogP contribution in [0.4, 0.5) is 0 Å². The highest BCUT2D eigenvalue weighted by molar-refractivity contribution is 5.97. The fraction of sp³-hybridized carbons (Fsp3) is 0.500. The van der Waals surface area contributed by atoms with E-state index in [4.69, 9.17) is 4.74 Å². The molecule has 1 fully saturated rings. The Morgan fingerprint density at radius 3 is 2.90 bits per heavy atom. The quantitative estimate of drug-likeness (QED) is 0.848. The number of hydrogen-bond acceptors (Lipinski definition) is 3. The number of fused-ring (bicyclic) bond motifs is 1. The SMILES string of the molecule is O=C1CCCC1CCN1CCOc2ccccc2C1=O. The fourth-order valence-electron chi connectivity index (χ4n) is 3.03. The van der Waals surface area contributed by atoms with Gasteiger partial charge in [0.2, 0.25) is 0 Å². The molecule has 0 bridgehead atoms. The van der Waals surface area contributed by atoms with Crippen molar-refractivity contribution in [3.63, 3.8) is 0 Å². The second-order valence-corrected chi connectivity index (χ2v) is 5.48. The predicted molar refractivity (Wildman–Crippen MR) is 74.8 cm³/mol. The summed E-state index contributed by atoms with van der Waals surface area (Å²) in [6.45, 7) is 1.75. The Labute approximate surface area is 118 Å². The molecule has 1 aliphatic heterocycles. The van der Waals surface area contributed by atoms with Crippen LogP contribution in [0.5, 0.6) is 5.75 Å². The molecule has 106 valence electrons. The molecule has 3 rings (SSSR count). The third-order valence-corrected chi connectivity index (χ3v) is 4.20. The van der Waals surface area contributed by atoms with Crippen molar-refractivity contribution in [2.45, 2.75) is 25.7 Å². The van der Waals surface area contributed by atoms with Crippen molar-refractivity contribution < 1.29 is 14.3 Å². The van der Waals surface area contributed by atoms with E-state index in [1.165, 1.54) is 0 Å². The molecule has 4 heteroatoms. The summed E-state index contributed by atoms with van der Waals surface area (Å²) in [7, 11) is 0. The van der Waals surface area contributed by atoms with E-state index < -0.39 is 0 Å². The molecule has 1 atom stereocenters. The monoisotopic (exact) mass is 273 g/mol. The number of para-hydroxylation sites is 1. The molecule has 2 aliphatic rings. The number of carbonyl (C=O) groups is 2. The summed E-state index contributed by atoms with van der Waals surface area (Å²) in [4.78, 5) is 26.0. The Kier molecular flexibility index (Phi) is 3.72. The van der Waals surface area contributed by atoms with Gasteiger partial charge in [0.05, 0.1) is 12.1 Å². The van der Waals surface area contributed by atoms with Crippen molar-refractivity contribution in [1.82, 2.24) is 4.90 Å². The standard InChI is InChI=1S/C16H19NO3/c18-14-6-3-4-12(14)8-9-17-10-11-20-15-7-2-1-5-13(15)16(17)19/h1-2,5,7,12H,3-4,6,8-11H2. The predicted octanol–water partition coefficient (Wildman–Crippen LogP) is 2.28. The Morgan fingerprint density at radius 1 is 1.25 bits per heavy atom. The highest BCUT2D eigenvalue weighted by Crippen LogP contribution is 2.26. The van der Waals surface area contributed by atoms with Gasteiger partial charge in [-0.1, -0.05) is 12.1 Å². The van der Waals surface area contributed by atoms with Gasteiger partial charge in [-0.2, -0.15) is 0 Å². The number of benzene rings is 1. The molecule has 1 saturated carbocycles. The van der Waals surface area contributed by atoms with Gasteiger partial charge in [0, 0.05) is 18.9 Å². The van der Waals surface area contributed by atoms with Crippen molar-refractivity contribution in [2.75, 3.05) is 19.7 Å². The summed E-state index contributed by atoms with van der Waals surface area (Å²) in [6, 6.07) is 7.36. The normalized spacial score (nSPS) is 22.4. The molecule has 1 amide bonds. The molecule has 1 heterocycles. The largest absolute Gasteiger partial charge is 0.491 e. The van der Waals surface area contributed by atoms with E-state index in [0.29, 0.717) is 43.2 Å². The number of rotatable bonds is 3. The smallest absolute Gasteiger partial charge is 0.257 e. The molecule has 1 unspecified atom stereocenters. The average Bonchev–Trinajstić information content (AvgIpc) is 2.80. The third kappa shape index (κ3) is 2.55. The summed E-state index contributed by atoms with van der Waals surface area (Å²) in [5, 5.41) is 0. The number of hydrogen-bond donors (Lipinski definition) is 0. The first-order valence-corrected chi connectivity index (χ1v) is 7.29. The van der Waals surface area contributed by atoms with E-state index in [-0.39, 0.29) is 11.8 Å². The lowest BCUT2D eigenvalue weighted by Crippen LogP contribution is -2.34. The zero-order chi connectivity index (χ0) is 13.9. The van der Waals surface area contributed by atoms with E-state index in [9.17, 15) is 9.59 Å². The van der Waals surface area contributed by atoms with Gasteiger partial charge in [-0.05, 0) is 31.4 Å². The zero-order valence-corrected chi connectivity index (χ0v) is 11.5. The van der Waals surface area contributed by atoms with Gasteiger partial charge in [-0.3, -0.25) is 9.59 Å². The van der Waals surface area contributed by atoms with Crippen LogP contribution in [0.1, 0.15) is 36.0 Å². The molecule has 0 N–H and O–H groups in total. The van der Waals surface area contributed by atoms with E-state index >= 15 is 0 Å². The molecule has 1 aromatic carbocycles.